The highest BCUT2D eigenvalue weighted by atomic mass is 16.5. The number of benzene rings is 1. The molecule has 2 rings (SSSR count). The van der Waals surface area contributed by atoms with Crippen LogP contribution in [0.4, 0.5) is 0 Å². The van der Waals surface area contributed by atoms with E-state index in [1.54, 1.807) is 12.1 Å². The van der Waals surface area contributed by atoms with Gasteiger partial charge in [0.1, 0.15) is 0 Å². The average Bonchev–Trinajstić information content (AvgIpc) is 2.29. The van der Waals surface area contributed by atoms with Crippen molar-refractivity contribution in [3.8, 4) is 0 Å². The number of hydrogen-bond acceptors (Lipinski definition) is 3. The number of carbonyl (C=O) groups excluding carboxylic acids is 2. The van der Waals surface area contributed by atoms with Crippen molar-refractivity contribution < 1.29 is 14.3 Å². The summed E-state index contributed by atoms with van der Waals surface area (Å²) in [5.74, 6) is -0.863. The van der Waals surface area contributed by atoms with Crippen molar-refractivity contribution in [2.75, 3.05) is 7.11 Å². The number of rotatable bonds is 1. The zero-order valence-electron chi connectivity index (χ0n) is 8.27. The molecule has 0 bridgehead atoms. The average molecular weight is 204 g/mol. The molecule has 0 saturated heterocycles. The summed E-state index contributed by atoms with van der Waals surface area (Å²) in [4.78, 5) is 23.1. The molecule has 0 spiro atoms. The maximum Gasteiger partial charge on any atom is 0.332 e. The zero-order valence-corrected chi connectivity index (χ0v) is 8.27. The third-order valence-corrected chi connectivity index (χ3v) is 2.40. The van der Waals surface area contributed by atoms with Gasteiger partial charge >= 0.3 is 5.97 Å². The molecule has 77 valence electrons. The molecule has 0 N–H and O–H groups in total. The predicted molar refractivity (Wildman–Crippen MR) is 52.4 cm³/mol. The Morgan fingerprint density at radius 2 is 2.20 bits per heavy atom. The van der Waals surface area contributed by atoms with Crippen molar-refractivity contribution in [1.82, 2.24) is 5.32 Å². The van der Waals surface area contributed by atoms with Crippen molar-refractivity contribution in [3.05, 3.63) is 35.4 Å². The van der Waals surface area contributed by atoms with E-state index in [1.165, 1.54) is 7.11 Å². The minimum Gasteiger partial charge on any atom is -0.467 e. The SMILES string of the molecule is COC(=O)C1[N]Cc2ccccc2C1=O. The van der Waals surface area contributed by atoms with Crippen molar-refractivity contribution >= 4 is 11.8 Å². The van der Waals surface area contributed by atoms with Crippen LogP contribution in [0.2, 0.25) is 0 Å². The lowest BCUT2D eigenvalue weighted by atomic mass is 9.95. The summed E-state index contributed by atoms with van der Waals surface area (Å²) in [5.41, 5.74) is 1.44. The first kappa shape index (κ1) is 9.86. The molecule has 0 aromatic heterocycles. The maximum atomic E-state index is 11.8. The lowest BCUT2D eigenvalue weighted by molar-refractivity contribution is -0.141. The van der Waals surface area contributed by atoms with E-state index < -0.39 is 12.0 Å². The smallest absolute Gasteiger partial charge is 0.332 e. The first-order chi connectivity index (χ1) is 7.24. The minimum atomic E-state index is -0.982. The van der Waals surface area contributed by atoms with Gasteiger partial charge in [-0.2, -0.15) is 0 Å². The van der Waals surface area contributed by atoms with Crippen LogP contribution in [0.15, 0.2) is 24.3 Å². The number of Topliss-reactive ketones (excluding diaryl/α,β-unsaturated/α-hetero) is 1. The topological polar surface area (TPSA) is 57.5 Å². The van der Waals surface area contributed by atoms with Gasteiger partial charge in [0.25, 0.3) is 0 Å². The highest BCUT2D eigenvalue weighted by Gasteiger charge is 2.33. The molecule has 4 nitrogen and oxygen atoms in total. The fraction of sp³-hybridized carbons (Fsp3) is 0.273. The van der Waals surface area contributed by atoms with Crippen molar-refractivity contribution in [2.24, 2.45) is 0 Å². The van der Waals surface area contributed by atoms with Crippen LogP contribution in [-0.4, -0.2) is 24.9 Å². The van der Waals surface area contributed by atoms with E-state index in [2.05, 4.69) is 10.1 Å². The Labute approximate surface area is 87.2 Å². The summed E-state index contributed by atoms with van der Waals surface area (Å²) in [7, 11) is 1.26. The summed E-state index contributed by atoms with van der Waals surface area (Å²) in [6.45, 7) is 0.391. The quantitative estimate of drug-likeness (QED) is 0.495. The number of nitrogens with zero attached hydrogens (tertiary/aromatic N) is 1. The fourth-order valence-corrected chi connectivity index (χ4v) is 1.61. The van der Waals surface area contributed by atoms with Crippen LogP contribution in [0.3, 0.4) is 0 Å². The van der Waals surface area contributed by atoms with E-state index in [4.69, 9.17) is 0 Å². The number of hydrogen-bond donors (Lipinski definition) is 0. The van der Waals surface area contributed by atoms with E-state index in [9.17, 15) is 9.59 Å². The minimum absolute atomic E-state index is 0.274. The molecule has 1 heterocycles. The van der Waals surface area contributed by atoms with Crippen LogP contribution in [-0.2, 0) is 16.1 Å². The van der Waals surface area contributed by atoms with Gasteiger partial charge in [-0.3, -0.25) is 4.79 Å². The van der Waals surface area contributed by atoms with Crippen LogP contribution in [0.25, 0.3) is 0 Å². The number of carbonyl (C=O) groups is 2. The maximum absolute atomic E-state index is 11.8. The highest BCUT2D eigenvalue weighted by molar-refractivity contribution is 6.13. The molecule has 15 heavy (non-hydrogen) atoms. The number of ketones is 1. The van der Waals surface area contributed by atoms with Crippen molar-refractivity contribution in [1.29, 1.82) is 0 Å². The number of ether oxygens (including phenoxy) is 1. The van der Waals surface area contributed by atoms with Crippen LogP contribution in [0.1, 0.15) is 15.9 Å². The summed E-state index contributed by atoms with van der Waals surface area (Å²) >= 11 is 0. The highest BCUT2D eigenvalue weighted by Crippen LogP contribution is 2.17. The molecule has 1 aromatic rings. The Kier molecular flexibility index (Phi) is 2.51. The summed E-state index contributed by atoms with van der Waals surface area (Å²) in [6, 6.07) is 6.19. The van der Waals surface area contributed by atoms with E-state index in [0.29, 0.717) is 12.1 Å². The van der Waals surface area contributed by atoms with E-state index >= 15 is 0 Å². The fourth-order valence-electron chi connectivity index (χ4n) is 1.61. The lowest BCUT2D eigenvalue weighted by Crippen LogP contribution is -2.43. The van der Waals surface area contributed by atoms with Gasteiger partial charge in [0, 0.05) is 12.1 Å². The third-order valence-electron chi connectivity index (χ3n) is 2.40. The van der Waals surface area contributed by atoms with Gasteiger partial charge in [0.05, 0.1) is 7.11 Å². The zero-order chi connectivity index (χ0) is 10.8. The molecule has 1 aliphatic rings. The van der Waals surface area contributed by atoms with E-state index in [1.807, 2.05) is 12.1 Å². The standard InChI is InChI=1S/C11H10NO3/c1-15-11(14)9-10(13)8-5-3-2-4-7(8)6-12-9/h2-5,9H,6H2,1H3. The second kappa shape index (κ2) is 3.82. The Balaban J connectivity index is 2.34. The molecule has 1 aromatic carbocycles. The Bertz CT molecular complexity index is 414. The van der Waals surface area contributed by atoms with Gasteiger partial charge in [-0.15, -0.1) is 0 Å². The second-order valence-electron chi connectivity index (χ2n) is 3.29. The van der Waals surface area contributed by atoms with E-state index in [-0.39, 0.29) is 5.78 Å². The molecule has 1 unspecified atom stereocenters. The molecular formula is C11H10NO3. The molecule has 1 radical (unpaired) electrons. The first-order valence-corrected chi connectivity index (χ1v) is 4.60. The lowest BCUT2D eigenvalue weighted by Gasteiger charge is -2.20. The molecule has 0 amide bonds. The summed E-state index contributed by atoms with van der Waals surface area (Å²) in [6.07, 6.45) is 0. The number of esters is 1. The summed E-state index contributed by atoms with van der Waals surface area (Å²) in [5, 5.41) is 4.00. The largest absolute Gasteiger partial charge is 0.467 e. The molecule has 4 heteroatoms. The Morgan fingerprint density at radius 3 is 2.93 bits per heavy atom. The van der Waals surface area contributed by atoms with Gasteiger partial charge in [0.15, 0.2) is 11.8 Å². The molecular weight excluding hydrogens is 194 g/mol. The molecule has 0 aliphatic carbocycles. The first-order valence-electron chi connectivity index (χ1n) is 4.60. The van der Waals surface area contributed by atoms with Crippen LogP contribution in [0, 0.1) is 0 Å². The van der Waals surface area contributed by atoms with Gasteiger partial charge in [-0.05, 0) is 5.56 Å². The predicted octanol–water partition coefficient (Wildman–Crippen LogP) is 0.529. The molecule has 1 aliphatic heterocycles. The van der Waals surface area contributed by atoms with Crippen LogP contribution >= 0.6 is 0 Å². The van der Waals surface area contributed by atoms with Crippen LogP contribution in [0.5, 0.6) is 0 Å². The van der Waals surface area contributed by atoms with Crippen LogP contribution < -0.4 is 5.32 Å². The Hall–Kier alpha value is -1.68. The normalized spacial score (nSPS) is 19.5. The molecule has 1 atom stereocenters. The van der Waals surface area contributed by atoms with Gasteiger partial charge in [-0.25, -0.2) is 10.1 Å². The summed E-state index contributed by atoms with van der Waals surface area (Å²) < 4.78 is 4.52. The third kappa shape index (κ3) is 1.64. The van der Waals surface area contributed by atoms with Gasteiger partial charge in [0.2, 0.25) is 0 Å². The van der Waals surface area contributed by atoms with E-state index in [0.717, 1.165) is 5.56 Å². The van der Waals surface area contributed by atoms with Gasteiger partial charge < -0.3 is 4.74 Å². The number of fused-ring (bicyclic) bond motifs is 1. The number of methoxy groups -OCH3 is 1. The Morgan fingerprint density at radius 1 is 1.47 bits per heavy atom. The van der Waals surface area contributed by atoms with Gasteiger partial charge in [-0.1, -0.05) is 24.3 Å². The molecule has 0 saturated carbocycles. The monoisotopic (exact) mass is 204 g/mol. The van der Waals surface area contributed by atoms with Crippen molar-refractivity contribution in [2.45, 2.75) is 12.6 Å². The molecule has 0 fully saturated rings. The van der Waals surface area contributed by atoms with Crippen molar-refractivity contribution in [3.63, 3.8) is 0 Å². The second-order valence-corrected chi connectivity index (χ2v) is 3.29.